The van der Waals surface area contributed by atoms with Crippen molar-refractivity contribution in [3.05, 3.63) is 16.6 Å². The third-order valence-corrected chi connectivity index (χ3v) is 5.03. The Balaban J connectivity index is 1.81. The van der Waals surface area contributed by atoms with Crippen LogP contribution in [0.1, 0.15) is 38.6 Å². The highest BCUT2D eigenvalue weighted by molar-refractivity contribution is 9.10. The van der Waals surface area contributed by atoms with Gasteiger partial charge in [0, 0.05) is 6.04 Å². The Morgan fingerprint density at radius 3 is 2.78 bits per heavy atom. The molecule has 126 valence electrons. The van der Waals surface area contributed by atoms with Gasteiger partial charge in [0.1, 0.15) is 16.5 Å². The monoisotopic (exact) mass is 384 g/mol. The molecule has 2 fully saturated rings. The summed E-state index contributed by atoms with van der Waals surface area (Å²) in [4.78, 5) is 34.1. The number of H-pyrrole nitrogens is 1. The number of rotatable bonds is 4. The van der Waals surface area contributed by atoms with Crippen LogP contribution in [0.3, 0.4) is 0 Å². The van der Waals surface area contributed by atoms with Crippen molar-refractivity contribution in [1.29, 1.82) is 0 Å². The molecule has 1 aromatic heterocycles. The molecule has 2 aliphatic rings. The zero-order chi connectivity index (χ0) is 16.7. The smallest absolute Gasteiger partial charge is 0.407 e. The molecule has 0 aromatic carbocycles. The molecule has 2 amide bonds. The number of carbonyl (C=O) groups is 2. The van der Waals surface area contributed by atoms with E-state index in [0.29, 0.717) is 5.92 Å². The van der Waals surface area contributed by atoms with E-state index >= 15 is 0 Å². The van der Waals surface area contributed by atoms with E-state index in [1.807, 2.05) is 18.7 Å². The van der Waals surface area contributed by atoms with Crippen LogP contribution in [0.15, 0.2) is 10.8 Å². The summed E-state index contributed by atoms with van der Waals surface area (Å²) in [5.74, 6) is 1.24. The quantitative estimate of drug-likeness (QED) is 0.832. The molecule has 4 atom stereocenters. The average molecular weight is 385 g/mol. The lowest BCUT2D eigenvalue weighted by Crippen LogP contribution is -2.52. The van der Waals surface area contributed by atoms with Crippen LogP contribution < -0.4 is 5.32 Å². The fraction of sp³-hybridized carbons (Fsp3) is 0.667. The van der Waals surface area contributed by atoms with Gasteiger partial charge in [-0.1, -0.05) is 13.8 Å². The van der Waals surface area contributed by atoms with Crippen molar-refractivity contribution >= 4 is 27.9 Å². The van der Waals surface area contributed by atoms with Crippen LogP contribution in [-0.2, 0) is 9.53 Å². The number of amides is 2. The molecule has 2 heterocycles. The van der Waals surface area contributed by atoms with Crippen LogP contribution in [-0.4, -0.2) is 46.1 Å². The fourth-order valence-corrected chi connectivity index (χ4v) is 3.67. The van der Waals surface area contributed by atoms with Crippen LogP contribution in [0.2, 0.25) is 0 Å². The number of likely N-dealkylation sites (tertiary alicyclic amines) is 1. The van der Waals surface area contributed by atoms with E-state index in [9.17, 15) is 9.59 Å². The predicted molar refractivity (Wildman–Crippen MR) is 86.6 cm³/mol. The second kappa shape index (κ2) is 6.14. The zero-order valence-corrected chi connectivity index (χ0v) is 15.0. The minimum Gasteiger partial charge on any atom is -0.453 e. The van der Waals surface area contributed by atoms with Crippen molar-refractivity contribution in [1.82, 2.24) is 20.2 Å². The van der Waals surface area contributed by atoms with Gasteiger partial charge in [-0.2, -0.15) is 0 Å². The zero-order valence-electron chi connectivity index (χ0n) is 13.4. The molecule has 1 saturated carbocycles. The molecule has 0 spiro atoms. The van der Waals surface area contributed by atoms with E-state index in [2.05, 4.69) is 36.0 Å². The summed E-state index contributed by atoms with van der Waals surface area (Å²) in [7, 11) is 1.30. The Labute approximate surface area is 143 Å². The maximum absolute atomic E-state index is 13.1. The van der Waals surface area contributed by atoms with Crippen LogP contribution in [0, 0.1) is 11.8 Å². The van der Waals surface area contributed by atoms with E-state index in [1.54, 1.807) is 6.20 Å². The van der Waals surface area contributed by atoms with Gasteiger partial charge in [0.2, 0.25) is 5.91 Å². The lowest BCUT2D eigenvalue weighted by molar-refractivity contribution is -0.136. The van der Waals surface area contributed by atoms with Gasteiger partial charge < -0.3 is 19.9 Å². The maximum Gasteiger partial charge on any atom is 0.407 e. The number of nitrogens with zero attached hydrogens (tertiary/aromatic N) is 2. The van der Waals surface area contributed by atoms with E-state index in [4.69, 9.17) is 0 Å². The number of methoxy groups -OCH3 is 1. The second-order valence-corrected chi connectivity index (χ2v) is 7.39. The standard InChI is InChI=1S/C15H21BrN4O3/c1-7(2)12(19-15(22)23-3)14(21)20-9-4-8(9)5-10(20)13-17-6-11(16)18-13/h6-10,12H,4-5H2,1-3H3,(H,17,18)(H,19,22)/t8-,9-,10-,12-/m0/s1. The first-order chi connectivity index (χ1) is 10.9. The first kappa shape index (κ1) is 16.3. The summed E-state index contributed by atoms with van der Waals surface area (Å²) < 4.78 is 5.45. The van der Waals surface area contributed by atoms with Crippen LogP contribution in [0.5, 0.6) is 0 Å². The van der Waals surface area contributed by atoms with Crippen molar-refractivity contribution < 1.29 is 14.3 Å². The first-order valence-electron chi connectivity index (χ1n) is 7.79. The van der Waals surface area contributed by atoms with E-state index in [-0.39, 0.29) is 23.9 Å². The number of hydrogen-bond acceptors (Lipinski definition) is 4. The molecule has 2 N–H and O–H groups in total. The van der Waals surface area contributed by atoms with Crippen molar-refractivity contribution in [2.24, 2.45) is 11.8 Å². The molecule has 7 nitrogen and oxygen atoms in total. The normalized spacial score (nSPS) is 26.8. The number of carbonyl (C=O) groups excluding carboxylic acids is 2. The van der Waals surface area contributed by atoms with Crippen molar-refractivity contribution in [2.45, 2.75) is 44.8 Å². The molecule has 1 aliphatic heterocycles. The number of alkyl carbamates (subject to hydrolysis) is 1. The number of imidazole rings is 1. The Morgan fingerprint density at radius 1 is 1.48 bits per heavy atom. The third kappa shape index (κ3) is 3.08. The average Bonchev–Trinajstić information content (AvgIpc) is 2.96. The number of piperidine rings is 1. The van der Waals surface area contributed by atoms with E-state index in [1.165, 1.54) is 7.11 Å². The predicted octanol–water partition coefficient (Wildman–Crippen LogP) is 2.21. The Morgan fingerprint density at radius 2 is 2.22 bits per heavy atom. The lowest BCUT2D eigenvalue weighted by atomic mass is 10.0. The van der Waals surface area contributed by atoms with E-state index < -0.39 is 12.1 Å². The highest BCUT2D eigenvalue weighted by Crippen LogP contribution is 2.53. The molecule has 1 aromatic rings. The topological polar surface area (TPSA) is 87.3 Å². The second-order valence-electron chi connectivity index (χ2n) is 6.53. The van der Waals surface area contributed by atoms with Crippen LogP contribution in [0.25, 0.3) is 0 Å². The van der Waals surface area contributed by atoms with Gasteiger partial charge in [-0.05, 0) is 40.6 Å². The molecular weight excluding hydrogens is 364 g/mol. The van der Waals surface area contributed by atoms with Crippen molar-refractivity contribution in [2.75, 3.05) is 7.11 Å². The largest absolute Gasteiger partial charge is 0.453 e. The van der Waals surface area contributed by atoms with Gasteiger partial charge in [-0.25, -0.2) is 9.78 Å². The Kier molecular flexibility index (Phi) is 4.35. The third-order valence-electron chi connectivity index (χ3n) is 4.63. The number of ether oxygens (including phenoxy) is 1. The highest BCUT2D eigenvalue weighted by Gasteiger charge is 2.56. The summed E-state index contributed by atoms with van der Waals surface area (Å²) in [5, 5.41) is 2.67. The molecule has 23 heavy (non-hydrogen) atoms. The first-order valence-corrected chi connectivity index (χ1v) is 8.58. The number of aromatic nitrogens is 2. The van der Waals surface area contributed by atoms with Gasteiger partial charge in [-0.3, -0.25) is 4.79 Å². The molecule has 8 heteroatoms. The van der Waals surface area contributed by atoms with Crippen LogP contribution >= 0.6 is 15.9 Å². The molecular formula is C15H21BrN4O3. The van der Waals surface area contributed by atoms with Crippen molar-refractivity contribution in [3.63, 3.8) is 0 Å². The SMILES string of the molecule is COC(=O)N[C@H](C(=O)N1[C@H](c2ncc(Br)[nH]2)C[C@@H]2C[C@@H]21)C(C)C. The molecule has 3 rings (SSSR count). The molecule has 0 radical (unpaired) electrons. The fourth-order valence-electron chi connectivity index (χ4n) is 3.36. The summed E-state index contributed by atoms with van der Waals surface area (Å²) in [6, 6.07) is -0.391. The number of hydrogen-bond donors (Lipinski definition) is 2. The summed E-state index contributed by atoms with van der Waals surface area (Å²) in [5.41, 5.74) is 0. The summed E-state index contributed by atoms with van der Waals surface area (Å²) in [6.45, 7) is 3.83. The Bertz CT molecular complexity index is 618. The van der Waals surface area contributed by atoms with Gasteiger partial charge in [0.25, 0.3) is 0 Å². The van der Waals surface area contributed by atoms with E-state index in [0.717, 1.165) is 23.3 Å². The highest BCUT2D eigenvalue weighted by atomic mass is 79.9. The molecule has 0 bridgehead atoms. The van der Waals surface area contributed by atoms with Gasteiger partial charge in [-0.15, -0.1) is 0 Å². The molecule has 1 saturated heterocycles. The molecule has 0 unspecified atom stereocenters. The van der Waals surface area contributed by atoms with Crippen LogP contribution in [0.4, 0.5) is 4.79 Å². The summed E-state index contributed by atoms with van der Waals surface area (Å²) in [6.07, 6.45) is 3.07. The van der Waals surface area contributed by atoms with Gasteiger partial charge in [0.15, 0.2) is 0 Å². The van der Waals surface area contributed by atoms with Gasteiger partial charge >= 0.3 is 6.09 Å². The summed E-state index contributed by atoms with van der Waals surface area (Å²) >= 11 is 3.36. The maximum atomic E-state index is 13.1. The minimum absolute atomic E-state index is 0.0246. The number of halogens is 1. The van der Waals surface area contributed by atoms with Crippen molar-refractivity contribution in [3.8, 4) is 0 Å². The number of nitrogens with one attached hydrogen (secondary N) is 2. The number of aromatic amines is 1. The molecule has 1 aliphatic carbocycles. The number of fused-ring (bicyclic) bond motifs is 1. The lowest BCUT2D eigenvalue weighted by Gasteiger charge is -2.31. The minimum atomic E-state index is -0.595. The van der Waals surface area contributed by atoms with Gasteiger partial charge in [0.05, 0.1) is 19.3 Å². The Hall–Kier alpha value is -1.57.